The predicted molar refractivity (Wildman–Crippen MR) is 98.1 cm³/mol. The summed E-state index contributed by atoms with van der Waals surface area (Å²) in [5.74, 6) is -0.987. The van der Waals surface area contributed by atoms with Crippen LogP contribution < -0.4 is 5.32 Å². The number of amides is 1. The summed E-state index contributed by atoms with van der Waals surface area (Å²) in [5.41, 5.74) is -0.923. The fourth-order valence-electron chi connectivity index (χ4n) is 3.15. The Morgan fingerprint density at radius 2 is 1.21 bits per heavy atom. The first kappa shape index (κ1) is 21.0. The van der Waals surface area contributed by atoms with Gasteiger partial charge < -0.3 is 10.4 Å². The molecule has 0 aliphatic heterocycles. The normalized spacial score (nSPS) is 15.2. The molecule has 4 nitrogen and oxygen atoms in total. The van der Waals surface area contributed by atoms with E-state index in [0.717, 1.165) is 12.8 Å². The molecule has 4 heteroatoms. The molecule has 0 bridgehead atoms. The Morgan fingerprint density at radius 1 is 0.792 bits per heavy atom. The molecule has 0 heterocycles. The molecule has 1 aliphatic rings. The summed E-state index contributed by atoms with van der Waals surface area (Å²) >= 11 is 0. The molecule has 0 aromatic rings. The molecular formula is C20H37NO3. The van der Waals surface area contributed by atoms with Crippen LogP contribution in [0.1, 0.15) is 110 Å². The van der Waals surface area contributed by atoms with Crippen LogP contribution in [0.3, 0.4) is 0 Å². The van der Waals surface area contributed by atoms with Crippen LogP contribution in [0.2, 0.25) is 0 Å². The van der Waals surface area contributed by atoms with Gasteiger partial charge in [-0.1, -0.05) is 84.0 Å². The highest BCUT2D eigenvalue weighted by Gasteiger charge is 2.51. The number of hydrogen-bond donors (Lipinski definition) is 2. The van der Waals surface area contributed by atoms with Gasteiger partial charge in [-0.15, -0.1) is 0 Å². The van der Waals surface area contributed by atoms with E-state index in [2.05, 4.69) is 12.2 Å². The molecule has 24 heavy (non-hydrogen) atoms. The minimum absolute atomic E-state index is 0.0991. The van der Waals surface area contributed by atoms with Gasteiger partial charge in [0, 0.05) is 6.42 Å². The highest BCUT2D eigenvalue weighted by atomic mass is 16.4. The van der Waals surface area contributed by atoms with E-state index in [0.29, 0.717) is 19.3 Å². The number of carbonyl (C=O) groups is 2. The van der Waals surface area contributed by atoms with Gasteiger partial charge in [0.05, 0.1) is 0 Å². The molecular weight excluding hydrogens is 302 g/mol. The molecule has 1 rings (SSSR count). The Labute approximate surface area is 147 Å². The summed E-state index contributed by atoms with van der Waals surface area (Å²) in [6, 6.07) is 0. The van der Waals surface area contributed by atoms with E-state index in [1.165, 1.54) is 70.6 Å². The van der Waals surface area contributed by atoms with Crippen LogP contribution >= 0.6 is 0 Å². The van der Waals surface area contributed by atoms with Gasteiger partial charge in [-0.25, -0.2) is 4.79 Å². The molecule has 0 aromatic heterocycles. The second kappa shape index (κ2) is 12.3. The maximum Gasteiger partial charge on any atom is 0.329 e. The Balaban J connectivity index is 1.81. The number of aliphatic carboxylic acids is 1. The molecule has 1 aliphatic carbocycles. The van der Waals surface area contributed by atoms with Crippen molar-refractivity contribution in [2.75, 3.05) is 0 Å². The number of carboxylic acid groups (broad SMARTS) is 1. The fraction of sp³-hybridized carbons (Fsp3) is 0.900. The Hall–Kier alpha value is -1.06. The van der Waals surface area contributed by atoms with Crippen LogP contribution in [-0.2, 0) is 9.59 Å². The number of carboxylic acids is 1. The average Bonchev–Trinajstić information content (AvgIpc) is 3.32. The molecule has 0 spiro atoms. The van der Waals surface area contributed by atoms with Crippen molar-refractivity contribution in [2.45, 2.75) is 115 Å². The summed E-state index contributed by atoms with van der Waals surface area (Å²) in [4.78, 5) is 22.7. The molecule has 0 saturated heterocycles. The lowest BCUT2D eigenvalue weighted by Crippen LogP contribution is -2.42. The van der Waals surface area contributed by atoms with Gasteiger partial charge in [0.1, 0.15) is 5.54 Å². The minimum atomic E-state index is -0.923. The molecule has 0 unspecified atom stereocenters. The lowest BCUT2D eigenvalue weighted by molar-refractivity contribution is -0.143. The maximum atomic E-state index is 11.7. The zero-order chi connectivity index (χ0) is 17.7. The van der Waals surface area contributed by atoms with Crippen LogP contribution in [0.15, 0.2) is 0 Å². The van der Waals surface area contributed by atoms with Crippen molar-refractivity contribution in [1.29, 1.82) is 0 Å². The summed E-state index contributed by atoms with van der Waals surface area (Å²) in [6.07, 6.45) is 18.3. The summed E-state index contributed by atoms with van der Waals surface area (Å²) in [5, 5.41) is 11.7. The second-order valence-corrected chi connectivity index (χ2v) is 7.43. The van der Waals surface area contributed by atoms with Gasteiger partial charge in [-0.05, 0) is 19.3 Å². The molecule has 0 aromatic carbocycles. The van der Waals surface area contributed by atoms with E-state index in [1.54, 1.807) is 0 Å². The number of nitrogens with one attached hydrogen (secondary N) is 1. The van der Waals surface area contributed by atoms with Crippen molar-refractivity contribution in [2.24, 2.45) is 0 Å². The van der Waals surface area contributed by atoms with E-state index in [4.69, 9.17) is 5.11 Å². The molecule has 1 saturated carbocycles. The van der Waals surface area contributed by atoms with E-state index < -0.39 is 11.5 Å². The van der Waals surface area contributed by atoms with Crippen LogP contribution in [0.5, 0.6) is 0 Å². The van der Waals surface area contributed by atoms with Gasteiger partial charge in [-0.2, -0.15) is 0 Å². The zero-order valence-corrected chi connectivity index (χ0v) is 15.6. The van der Waals surface area contributed by atoms with Gasteiger partial charge >= 0.3 is 5.97 Å². The standard InChI is InChI=1S/C20H37NO3/c1-2-3-4-5-6-7-8-9-10-11-12-13-14-15-18(22)21-20(16-17-20)19(23)24/h2-17H2,1H3,(H,21,22)(H,23,24). The van der Waals surface area contributed by atoms with Crippen LogP contribution in [-0.4, -0.2) is 22.5 Å². The zero-order valence-electron chi connectivity index (χ0n) is 15.6. The van der Waals surface area contributed by atoms with Crippen LogP contribution in [0.4, 0.5) is 0 Å². The third-order valence-electron chi connectivity index (χ3n) is 5.05. The SMILES string of the molecule is CCCCCCCCCCCCCCCC(=O)NC1(C(=O)O)CC1. The first-order valence-corrected chi connectivity index (χ1v) is 10.1. The number of unbranched alkanes of at least 4 members (excludes halogenated alkanes) is 12. The topological polar surface area (TPSA) is 66.4 Å². The summed E-state index contributed by atoms with van der Waals surface area (Å²) in [7, 11) is 0. The van der Waals surface area contributed by atoms with Crippen LogP contribution in [0, 0.1) is 0 Å². The van der Waals surface area contributed by atoms with Gasteiger partial charge in [0.15, 0.2) is 0 Å². The molecule has 2 N–H and O–H groups in total. The fourth-order valence-corrected chi connectivity index (χ4v) is 3.15. The Morgan fingerprint density at radius 3 is 1.58 bits per heavy atom. The van der Waals surface area contributed by atoms with Crippen molar-refractivity contribution < 1.29 is 14.7 Å². The molecule has 1 fully saturated rings. The predicted octanol–water partition coefficient (Wildman–Crippen LogP) is 5.20. The van der Waals surface area contributed by atoms with E-state index >= 15 is 0 Å². The monoisotopic (exact) mass is 339 g/mol. The third-order valence-corrected chi connectivity index (χ3v) is 5.05. The summed E-state index contributed by atoms with van der Waals surface area (Å²) in [6.45, 7) is 2.26. The number of rotatable bonds is 16. The molecule has 140 valence electrons. The maximum absolute atomic E-state index is 11.7. The minimum Gasteiger partial charge on any atom is -0.480 e. The van der Waals surface area contributed by atoms with Crippen molar-refractivity contribution in [3.8, 4) is 0 Å². The number of hydrogen-bond acceptors (Lipinski definition) is 2. The van der Waals surface area contributed by atoms with Gasteiger partial charge in [0.2, 0.25) is 5.91 Å². The largest absolute Gasteiger partial charge is 0.480 e. The quantitative estimate of drug-likeness (QED) is 0.380. The first-order chi connectivity index (χ1) is 11.6. The van der Waals surface area contributed by atoms with Crippen molar-refractivity contribution in [3.05, 3.63) is 0 Å². The Bertz CT molecular complexity index is 364. The molecule has 0 atom stereocenters. The van der Waals surface area contributed by atoms with Gasteiger partial charge in [0.25, 0.3) is 0 Å². The van der Waals surface area contributed by atoms with E-state index in [1.807, 2.05) is 0 Å². The highest BCUT2D eigenvalue weighted by molar-refractivity contribution is 5.89. The smallest absolute Gasteiger partial charge is 0.329 e. The van der Waals surface area contributed by atoms with E-state index in [9.17, 15) is 9.59 Å². The second-order valence-electron chi connectivity index (χ2n) is 7.43. The van der Waals surface area contributed by atoms with E-state index in [-0.39, 0.29) is 5.91 Å². The third kappa shape index (κ3) is 9.29. The molecule has 1 amide bonds. The van der Waals surface area contributed by atoms with Gasteiger partial charge in [-0.3, -0.25) is 4.79 Å². The first-order valence-electron chi connectivity index (χ1n) is 10.1. The highest BCUT2D eigenvalue weighted by Crippen LogP contribution is 2.35. The summed E-state index contributed by atoms with van der Waals surface area (Å²) < 4.78 is 0. The average molecular weight is 340 g/mol. The van der Waals surface area contributed by atoms with Crippen molar-refractivity contribution >= 4 is 11.9 Å². The van der Waals surface area contributed by atoms with Crippen molar-refractivity contribution in [1.82, 2.24) is 5.32 Å². The Kier molecular flexibility index (Phi) is 10.8. The number of carbonyl (C=O) groups excluding carboxylic acids is 1. The van der Waals surface area contributed by atoms with Crippen molar-refractivity contribution in [3.63, 3.8) is 0 Å². The lowest BCUT2D eigenvalue weighted by atomic mass is 10.0. The lowest BCUT2D eigenvalue weighted by Gasteiger charge is -2.12. The molecule has 0 radical (unpaired) electrons. The van der Waals surface area contributed by atoms with Crippen LogP contribution in [0.25, 0.3) is 0 Å².